The molecule has 0 aliphatic heterocycles. The lowest BCUT2D eigenvalue weighted by Gasteiger charge is -2.35. The van der Waals surface area contributed by atoms with E-state index < -0.39 is 27.6 Å². The molecule has 0 radical (unpaired) electrons. The number of carbonyl (C=O) groups is 1. The van der Waals surface area contributed by atoms with Crippen LogP contribution in [-0.2, 0) is 32.9 Å². The highest BCUT2D eigenvalue weighted by atomic mass is 32.2. The topological polar surface area (TPSA) is 61.4 Å². The van der Waals surface area contributed by atoms with Crippen LogP contribution in [0.2, 0.25) is 0 Å². The van der Waals surface area contributed by atoms with Gasteiger partial charge in [0, 0.05) is 16.9 Å². The van der Waals surface area contributed by atoms with Gasteiger partial charge in [-0.1, -0.05) is 12.1 Å². The van der Waals surface area contributed by atoms with Crippen molar-refractivity contribution in [3.63, 3.8) is 0 Å². The minimum atomic E-state index is -1.42. The van der Waals surface area contributed by atoms with E-state index in [4.69, 9.17) is 4.74 Å². The van der Waals surface area contributed by atoms with Crippen LogP contribution in [0.4, 0.5) is 4.39 Å². The Balaban J connectivity index is 2.44. The average molecular weight is 327 g/mol. The number of nitrogens with one attached hydrogen (secondary N) is 1. The molecule has 22 heavy (non-hydrogen) atoms. The Morgan fingerprint density at radius 3 is 2.77 bits per heavy atom. The van der Waals surface area contributed by atoms with E-state index in [1.165, 1.54) is 13.2 Å². The van der Waals surface area contributed by atoms with Gasteiger partial charge in [-0.15, -0.1) is 4.72 Å². The predicted octanol–water partition coefficient (Wildman–Crippen LogP) is 2.58. The first-order chi connectivity index (χ1) is 10.2. The number of aryl methyl sites for hydroxylation is 1. The van der Waals surface area contributed by atoms with Crippen molar-refractivity contribution >= 4 is 17.3 Å². The molecule has 1 aliphatic rings. The van der Waals surface area contributed by atoms with Gasteiger partial charge in [-0.05, 0) is 45.2 Å². The van der Waals surface area contributed by atoms with E-state index in [1.807, 2.05) is 26.8 Å². The van der Waals surface area contributed by atoms with Gasteiger partial charge in [-0.2, -0.15) is 0 Å². The molecule has 1 unspecified atom stereocenters. The van der Waals surface area contributed by atoms with Gasteiger partial charge in [0.25, 0.3) is 0 Å². The summed E-state index contributed by atoms with van der Waals surface area (Å²) >= 11 is -1.42. The first kappa shape index (κ1) is 17.2. The maximum atomic E-state index is 14.4. The number of ether oxygens (including phenoxy) is 1. The molecule has 1 aliphatic carbocycles. The van der Waals surface area contributed by atoms with E-state index in [0.29, 0.717) is 18.4 Å². The van der Waals surface area contributed by atoms with Crippen molar-refractivity contribution in [3.05, 3.63) is 35.1 Å². The summed E-state index contributed by atoms with van der Waals surface area (Å²) in [5.74, 6) is -0.827. The van der Waals surface area contributed by atoms with Crippen LogP contribution >= 0.6 is 0 Å². The number of halogens is 1. The van der Waals surface area contributed by atoms with Crippen LogP contribution in [-0.4, -0.2) is 22.4 Å². The summed E-state index contributed by atoms with van der Waals surface area (Å²) in [5.41, 5.74) is 0.312. The van der Waals surface area contributed by atoms with Gasteiger partial charge in [-0.3, -0.25) is 4.79 Å². The van der Waals surface area contributed by atoms with Crippen LogP contribution in [0.25, 0.3) is 0 Å². The SMILES string of the molecule is COC(=O)C[C@@]1(N[S+]([O-])C(C)(C)C)CCc2cccc(F)c21. The Hall–Kier alpha value is -1.11. The van der Waals surface area contributed by atoms with Gasteiger partial charge in [0.15, 0.2) is 0 Å². The summed E-state index contributed by atoms with van der Waals surface area (Å²) in [7, 11) is 1.30. The maximum absolute atomic E-state index is 14.4. The maximum Gasteiger partial charge on any atom is 0.307 e. The van der Waals surface area contributed by atoms with Gasteiger partial charge < -0.3 is 9.29 Å². The first-order valence-corrected chi connectivity index (χ1v) is 8.39. The third-order valence-corrected chi connectivity index (χ3v) is 5.61. The molecule has 6 heteroatoms. The molecule has 122 valence electrons. The van der Waals surface area contributed by atoms with Gasteiger partial charge in [0.1, 0.15) is 16.1 Å². The van der Waals surface area contributed by atoms with Crippen LogP contribution in [0.3, 0.4) is 0 Å². The summed E-state index contributed by atoms with van der Waals surface area (Å²) in [6.45, 7) is 5.50. The van der Waals surface area contributed by atoms with Crippen molar-refractivity contribution in [2.45, 2.75) is 50.3 Å². The first-order valence-electron chi connectivity index (χ1n) is 7.24. The molecule has 1 aromatic carbocycles. The number of hydrogen-bond acceptors (Lipinski definition) is 4. The number of fused-ring (bicyclic) bond motifs is 1. The largest absolute Gasteiger partial charge is 0.598 e. The minimum Gasteiger partial charge on any atom is -0.598 e. The monoisotopic (exact) mass is 327 g/mol. The molecule has 1 aromatic rings. The van der Waals surface area contributed by atoms with Crippen LogP contribution < -0.4 is 4.72 Å². The van der Waals surface area contributed by atoms with Crippen LogP contribution in [0.15, 0.2) is 18.2 Å². The van der Waals surface area contributed by atoms with Crippen molar-refractivity contribution < 1.29 is 18.5 Å². The fourth-order valence-electron chi connectivity index (χ4n) is 2.75. The molecule has 0 saturated carbocycles. The number of rotatable bonds is 4. The molecule has 0 spiro atoms. The average Bonchev–Trinajstić information content (AvgIpc) is 2.78. The van der Waals surface area contributed by atoms with Crippen molar-refractivity contribution in [2.75, 3.05) is 7.11 Å². The number of carbonyl (C=O) groups excluding carboxylic acids is 1. The molecule has 0 aromatic heterocycles. The molecule has 1 N–H and O–H groups in total. The number of methoxy groups -OCH3 is 1. The fraction of sp³-hybridized carbons (Fsp3) is 0.562. The number of benzene rings is 1. The van der Waals surface area contributed by atoms with E-state index >= 15 is 0 Å². The highest BCUT2D eigenvalue weighted by molar-refractivity contribution is 7.90. The highest BCUT2D eigenvalue weighted by Crippen LogP contribution is 2.42. The van der Waals surface area contributed by atoms with Gasteiger partial charge in [0.2, 0.25) is 0 Å². The minimum absolute atomic E-state index is 0.0424. The summed E-state index contributed by atoms with van der Waals surface area (Å²) in [5, 5.41) is 0. The van der Waals surface area contributed by atoms with Crippen LogP contribution in [0.1, 0.15) is 44.7 Å². The zero-order chi connectivity index (χ0) is 16.5. The van der Waals surface area contributed by atoms with Crippen molar-refractivity contribution in [3.8, 4) is 0 Å². The number of esters is 1. The lowest BCUT2D eigenvalue weighted by molar-refractivity contribution is -0.142. The van der Waals surface area contributed by atoms with Crippen LogP contribution in [0.5, 0.6) is 0 Å². The standard InChI is InChI=1S/C16H22FNO3S/c1-15(2,3)22(20)18-16(10-13(19)21-4)9-8-11-6-5-7-12(17)14(11)16/h5-7,18H,8-10H2,1-4H3/t16-,22?/m0/s1. The van der Waals surface area contributed by atoms with Crippen molar-refractivity contribution in [1.82, 2.24) is 4.72 Å². The molecule has 0 fully saturated rings. The van der Waals surface area contributed by atoms with Crippen molar-refractivity contribution in [2.24, 2.45) is 0 Å². The molecular formula is C16H22FNO3S. The van der Waals surface area contributed by atoms with E-state index in [0.717, 1.165) is 5.56 Å². The van der Waals surface area contributed by atoms with Crippen LogP contribution in [0, 0.1) is 5.82 Å². The highest BCUT2D eigenvalue weighted by Gasteiger charge is 2.48. The third kappa shape index (κ3) is 3.29. The van der Waals surface area contributed by atoms with Crippen molar-refractivity contribution in [1.29, 1.82) is 0 Å². The second-order valence-electron chi connectivity index (χ2n) is 6.59. The van der Waals surface area contributed by atoms with E-state index in [9.17, 15) is 13.7 Å². The predicted molar refractivity (Wildman–Crippen MR) is 84.1 cm³/mol. The zero-order valence-electron chi connectivity index (χ0n) is 13.4. The molecule has 4 nitrogen and oxygen atoms in total. The Bertz CT molecular complexity index is 573. The Labute approximate surface area is 133 Å². The number of hydrogen-bond donors (Lipinski definition) is 1. The molecule has 0 bridgehead atoms. The van der Waals surface area contributed by atoms with Gasteiger partial charge in [-0.25, -0.2) is 4.39 Å². The molecular weight excluding hydrogens is 305 g/mol. The normalized spacial score (nSPS) is 22.3. The smallest absolute Gasteiger partial charge is 0.307 e. The quantitative estimate of drug-likeness (QED) is 0.682. The second-order valence-corrected chi connectivity index (χ2v) is 8.56. The third-order valence-electron chi connectivity index (χ3n) is 3.92. The Morgan fingerprint density at radius 2 is 2.18 bits per heavy atom. The molecule has 2 rings (SSSR count). The van der Waals surface area contributed by atoms with Gasteiger partial charge >= 0.3 is 5.97 Å². The van der Waals surface area contributed by atoms with E-state index in [2.05, 4.69) is 4.72 Å². The lowest BCUT2D eigenvalue weighted by Crippen LogP contribution is -2.51. The molecule has 0 amide bonds. The second kappa shape index (κ2) is 6.18. The molecule has 2 atom stereocenters. The van der Waals surface area contributed by atoms with Gasteiger partial charge in [0.05, 0.1) is 13.5 Å². The zero-order valence-corrected chi connectivity index (χ0v) is 14.2. The summed E-state index contributed by atoms with van der Waals surface area (Å²) in [6.07, 6.45) is 1.11. The lowest BCUT2D eigenvalue weighted by atomic mass is 9.89. The molecule has 0 saturated heterocycles. The molecule has 0 heterocycles. The Kier molecular flexibility index (Phi) is 4.84. The Morgan fingerprint density at radius 1 is 1.50 bits per heavy atom. The summed E-state index contributed by atoms with van der Waals surface area (Å²) in [6, 6.07) is 4.88. The summed E-state index contributed by atoms with van der Waals surface area (Å²) in [4.78, 5) is 11.8. The van der Waals surface area contributed by atoms with E-state index in [1.54, 1.807) is 6.07 Å². The summed E-state index contributed by atoms with van der Waals surface area (Å²) < 4.78 is 34.2. The van der Waals surface area contributed by atoms with E-state index in [-0.39, 0.29) is 12.2 Å². The fourth-order valence-corrected chi connectivity index (χ4v) is 3.69.